The van der Waals surface area contributed by atoms with Crippen molar-refractivity contribution in [2.24, 2.45) is 7.05 Å². The molecule has 3 heteroatoms. The molecule has 0 aromatic carbocycles. The fraction of sp³-hybridized carbons (Fsp3) is 0.111. The fourth-order valence-electron chi connectivity index (χ4n) is 1.17. The fourth-order valence-corrected chi connectivity index (χ4v) is 1.17. The van der Waals surface area contributed by atoms with E-state index in [1.165, 1.54) is 0 Å². The van der Waals surface area contributed by atoms with Gasteiger partial charge in [0.05, 0.1) is 6.20 Å². The topological polar surface area (TPSA) is 30.7 Å². The zero-order valence-electron chi connectivity index (χ0n) is 6.86. The number of aromatic nitrogens is 3. The first-order valence-corrected chi connectivity index (χ1v) is 3.71. The first-order valence-electron chi connectivity index (χ1n) is 3.71. The lowest BCUT2D eigenvalue weighted by atomic mass is 10.2. The molecule has 2 aromatic heterocycles. The van der Waals surface area contributed by atoms with E-state index in [2.05, 4.69) is 16.7 Å². The Labute approximate surface area is 70.3 Å². The van der Waals surface area contributed by atoms with E-state index in [1.54, 1.807) is 23.2 Å². The van der Waals surface area contributed by atoms with Crippen LogP contribution in [0.25, 0.3) is 17.1 Å². The molecule has 12 heavy (non-hydrogen) atoms. The lowest BCUT2D eigenvalue weighted by molar-refractivity contribution is 0.786. The van der Waals surface area contributed by atoms with Crippen molar-refractivity contribution in [3.05, 3.63) is 30.6 Å². The number of pyridine rings is 1. The van der Waals surface area contributed by atoms with Crippen LogP contribution >= 0.6 is 0 Å². The molecular formula is C9H9N3. The van der Waals surface area contributed by atoms with Gasteiger partial charge in [0.1, 0.15) is 0 Å². The van der Waals surface area contributed by atoms with Crippen LogP contribution in [-0.4, -0.2) is 14.8 Å². The van der Waals surface area contributed by atoms with Gasteiger partial charge in [0, 0.05) is 18.6 Å². The van der Waals surface area contributed by atoms with Crippen LogP contribution in [0.15, 0.2) is 25.0 Å². The van der Waals surface area contributed by atoms with Crippen molar-refractivity contribution >= 4 is 17.1 Å². The third kappa shape index (κ3) is 0.906. The normalized spacial score (nSPS) is 10.4. The van der Waals surface area contributed by atoms with E-state index in [9.17, 15) is 0 Å². The molecule has 0 atom stereocenters. The molecule has 0 N–H and O–H groups in total. The third-order valence-electron chi connectivity index (χ3n) is 1.83. The lowest BCUT2D eigenvalue weighted by Crippen LogP contribution is -1.90. The SMILES string of the molecule is C=Cc1cnc2c(cnn2C)c1. The molecule has 0 fully saturated rings. The molecule has 3 nitrogen and oxygen atoms in total. The van der Waals surface area contributed by atoms with E-state index in [1.807, 2.05) is 13.1 Å². The smallest absolute Gasteiger partial charge is 0.157 e. The molecule has 2 heterocycles. The second-order valence-corrected chi connectivity index (χ2v) is 2.65. The Kier molecular flexibility index (Phi) is 1.43. The average Bonchev–Trinajstić information content (AvgIpc) is 2.47. The Bertz CT molecular complexity index is 428. The summed E-state index contributed by atoms with van der Waals surface area (Å²) in [5, 5.41) is 5.14. The van der Waals surface area contributed by atoms with Crippen LogP contribution in [0.3, 0.4) is 0 Å². The quantitative estimate of drug-likeness (QED) is 0.633. The molecule has 0 aliphatic heterocycles. The zero-order valence-corrected chi connectivity index (χ0v) is 6.86. The summed E-state index contributed by atoms with van der Waals surface area (Å²) in [6, 6.07) is 2.02. The monoisotopic (exact) mass is 159 g/mol. The molecule has 0 aliphatic carbocycles. The number of fused-ring (bicyclic) bond motifs is 1. The van der Waals surface area contributed by atoms with Crippen molar-refractivity contribution in [2.45, 2.75) is 0 Å². The summed E-state index contributed by atoms with van der Waals surface area (Å²) in [4.78, 5) is 4.24. The molecule has 2 aromatic rings. The highest BCUT2D eigenvalue weighted by Gasteiger charge is 1.99. The summed E-state index contributed by atoms with van der Waals surface area (Å²) in [6.45, 7) is 3.68. The maximum Gasteiger partial charge on any atom is 0.157 e. The van der Waals surface area contributed by atoms with Gasteiger partial charge in [-0.15, -0.1) is 0 Å². The van der Waals surface area contributed by atoms with Crippen molar-refractivity contribution in [2.75, 3.05) is 0 Å². The van der Waals surface area contributed by atoms with Gasteiger partial charge in [-0.05, 0) is 11.6 Å². The van der Waals surface area contributed by atoms with E-state index < -0.39 is 0 Å². The Balaban J connectivity index is 2.77. The molecule has 0 radical (unpaired) electrons. The summed E-state index contributed by atoms with van der Waals surface area (Å²) in [7, 11) is 1.88. The third-order valence-corrected chi connectivity index (χ3v) is 1.83. The Hall–Kier alpha value is -1.64. The molecule has 0 unspecified atom stereocenters. The van der Waals surface area contributed by atoms with E-state index in [0.29, 0.717) is 0 Å². The molecule has 0 saturated carbocycles. The molecule has 0 spiro atoms. The van der Waals surface area contributed by atoms with Crippen molar-refractivity contribution < 1.29 is 0 Å². The van der Waals surface area contributed by atoms with E-state index >= 15 is 0 Å². The van der Waals surface area contributed by atoms with E-state index in [-0.39, 0.29) is 0 Å². The highest BCUT2D eigenvalue weighted by atomic mass is 15.3. The zero-order chi connectivity index (χ0) is 8.55. The van der Waals surface area contributed by atoms with Crippen LogP contribution in [-0.2, 0) is 7.05 Å². The largest absolute Gasteiger partial charge is 0.250 e. The van der Waals surface area contributed by atoms with Gasteiger partial charge in [0.15, 0.2) is 5.65 Å². The molecule has 2 rings (SSSR count). The Morgan fingerprint density at radius 1 is 1.50 bits per heavy atom. The van der Waals surface area contributed by atoms with Crippen LogP contribution < -0.4 is 0 Å². The summed E-state index contributed by atoms with van der Waals surface area (Å²) in [6.07, 6.45) is 5.37. The highest BCUT2D eigenvalue weighted by Crippen LogP contribution is 2.11. The first-order chi connectivity index (χ1) is 5.81. The van der Waals surface area contributed by atoms with Gasteiger partial charge in [0.2, 0.25) is 0 Å². The van der Waals surface area contributed by atoms with Crippen molar-refractivity contribution in [1.82, 2.24) is 14.8 Å². The van der Waals surface area contributed by atoms with Crippen LogP contribution in [0.4, 0.5) is 0 Å². The molecule has 0 amide bonds. The van der Waals surface area contributed by atoms with Gasteiger partial charge >= 0.3 is 0 Å². The van der Waals surface area contributed by atoms with Crippen LogP contribution in [0.2, 0.25) is 0 Å². The first kappa shape index (κ1) is 7.03. The van der Waals surface area contributed by atoms with Gasteiger partial charge in [0.25, 0.3) is 0 Å². The van der Waals surface area contributed by atoms with Gasteiger partial charge in [-0.1, -0.05) is 12.7 Å². The summed E-state index contributed by atoms with van der Waals surface area (Å²) in [5.74, 6) is 0. The Morgan fingerprint density at radius 2 is 2.33 bits per heavy atom. The number of nitrogens with zero attached hydrogens (tertiary/aromatic N) is 3. The number of hydrogen-bond donors (Lipinski definition) is 0. The molecule has 0 saturated heterocycles. The number of hydrogen-bond acceptors (Lipinski definition) is 2. The summed E-state index contributed by atoms with van der Waals surface area (Å²) < 4.78 is 1.75. The van der Waals surface area contributed by atoms with Crippen LogP contribution in [0.5, 0.6) is 0 Å². The molecule has 0 aliphatic rings. The minimum absolute atomic E-state index is 0.903. The number of rotatable bonds is 1. The average molecular weight is 159 g/mol. The maximum absolute atomic E-state index is 4.24. The van der Waals surface area contributed by atoms with E-state index in [4.69, 9.17) is 0 Å². The molecule has 0 bridgehead atoms. The van der Waals surface area contributed by atoms with Crippen LogP contribution in [0, 0.1) is 0 Å². The predicted octanol–water partition coefficient (Wildman–Crippen LogP) is 1.61. The van der Waals surface area contributed by atoms with Crippen molar-refractivity contribution in [3.8, 4) is 0 Å². The van der Waals surface area contributed by atoms with Crippen molar-refractivity contribution in [3.63, 3.8) is 0 Å². The van der Waals surface area contributed by atoms with Gasteiger partial charge in [-0.25, -0.2) is 4.98 Å². The predicted molar refractivity (Wildman–Crippen MR) is 48.6 cm³/mol. The standard InChI is InChI=1S/C9H9N3/c1-3-7-4-8-6-11-12(2)9(8)10-5-7/h3-6H,1H2,2H3. The second kappa shape index (κ2) is 2.44. The summed E-state index contributed by atoms with van der Waals surface area (Å²) in [5.41, 5.74) is 1.93. The highest BCUT2D eigenvalue weighted by molar-refractivity contribution is 5.76. The minimum atomic E-state index is 0.903. The van der Waals surface area contributed by atoms with Gasteiger partial charge in [-0.3, -0.25) is 4.68 Å². The molecular weight excluding hydrogens is 150 g/mol. The Morgan fingerprint density at radius 3 is 3.08 bits per heavy atom. The molecule has 60 valence electrons. The van der Waals surface area contributed by atoms with E-state index in [0.717, 1.165) is 16.6 Å². The minimum Gasteiger partial charge on any atom is -0.250 e. The second-order valence-electron chi connectivity index (χ2n) is 2.65. The maximum atomic E-state index is 4.24. The van der Waals surface area contributed by atoms with Gasteiger partial charge < -0.3 is 0 Å². The van der Waals surface area contributed by atoms with Crippen molar-refractivity contribution in [1.29, 1.82) is 0 Å². The summed E-state index contributed by atoms with van der Waals surface area (Å²) >= 11 is 0. The van der Waals surface area contributed by atoms with Crippen LogP contribution in [0.1, 0.15) is 5.56 Å². The number of aryl methyl sites for hydroxylation is 1. The van der Waals surface area contributed by atoms with Gasteiger partial charge in [-0.2, -0.15) is 5.10 Å². The lowest BCUT2D eigenvalue weighted by Gasteiger charge is -1.93.